The molecule has 106 valence electrons. The zero-order chi connectivity index (χ0) is 15.0. The second kappa shape index (κ2) is 5.53. The van der Waals surface area contributed by atoms with Crippen molar-refractivity contribution in [1.82, 2.24) is 0 Å². The van der Waals surface area contributed by atoms with E-state index in [-0.39, 0.29) is 9.79 Å². The molecule has 2 aromatic rings. The Morgan fingerprint density at radius 2 is 1.20 bits per heavy atom. The van der Waals surface area contributed by atoms with Crippen LogP contribution >= 0.6 is 34.8 Å². The second-order valence-corrected chi connectivity index (χ2v) is 8.21. The van der Waals surface area contributed by atoms with Crippen molar-refractivity contribution in [2.45, 2.75) is 13.6 Å². The first-order valence-corrected chi connectivity index (χ1v) is 8.01. The lowest BCUT2D eigenvalue weighted by atomic mass is 10.2. The van der Waals surface area contributed by atoms with Crippen molar-refractivity contribution < 1.29 is 12.8 Å². The van der Waals surface area contributed by atoms with Crippen molar-refractivity contribution in [3.05, 3.63) is 59.9 Å². The number of alkyl halides is 3. The molecule has 0 spiro atoms. The van der Waals surface area contributed by atoms with Crippen LogP contribution in [0.1, 0.15) is 5.56 Å². The first-order chi connectivity index (χ1) is 9.21. The number of hydrogen-bond donors (Lipinski definition) is 0. The normalized spacial score (nSPS) is 12.4. The van der Waals surface area contributed by atoms with Crippen molar-refractivity contribution in [2.24, 2.45) is 0 Å². The monoisotopic (exact) mass is 352 g/mol. The van der Waals surface area contributed by atoms with Crippen molar-refractivity contribution in [3.8, 4) is 0 Å². The van der Waals surface area contributed by atoms with Crippen LogP contribution in [0.25, 0.3) is 0 Å². The Morgan fingerprint density at radius 1 is 0.800 bits per heavy atom. The molecule has 7 heteroatoms. The molecular weight excluding hydrogens is 346 g/mol. The third-order valence-corrected chi connectivity index (χ3v) is 5.06. The van der Waals surface area contributed by atoms with Gasteiger partial charge in [-0.05, 0) is 36.4 Å². The van der Waals surface area contributed by atoms with Gasteiger partial charge in [0, 0.05) is 5.56 Å². The zero-order valence-electron chi connectivity index (χ0n) is 9.86. The molecule has 0 unspecified atom stereocenters. The summed E-state index contributed by atoms with van der Waals surface area (Å²) in [5, 5.41) is 0. The average Bonchev–Trinajstić information content (AvgIpc) is 2.38. The van der Waals surface area contributed by atoms with E-state index in [9.17, 15) is 12.8 Å². The second-order valence-electron chi connectivity index (χ2n) is 3.98. The maximum atomic E-state index is 12.8. The molecule has 0 saturated carbocycles. The molecule has 0 aliphatic rings. The Hall–Kier alpha value is -0.810. The number of hydrogen-bond acceptors (Lipinski definition) is 2. The highest BCUT2D eigenvalue weighted by molar-refractivity contribution is 7.91. The molecule has 0 atom stereocenters. The van der Waals surface area contributed by atoms with Gasteiger partial charge in [0.1, 0.15) is 5.82 Å². The molecular formula is C13H8Cl3FO2S. The van der Waals surface area contributed by atoms with Crippen LogP contribution in [0.15, 0.2) is 58.3 Å². The van der Waals surface area contributed by atoms with Gasteiger partial charge >= 0.3 is 0 Å². The minimum absolute atomic E-state index is 0.000494. The van der Waals surface area contributed by atoms with Crippen LogP contribution in [0, 0.1) is 5.82 Å². The number of rotatable bonds is 2. The third-order valence-electron chi connectivity index (χ3n) is 2.62. The lowest BCUT2D eigenvalue weighted by Gasteiger charge is -2.12. The molecule has 0 radical (unpaired) electrons. The summed E-state index contributed by atoms with van der Waals surface area (Å²) >= 11 is 17.1. The maximum absolute atomic E-state index is 12.8. The lowest BCUT2D eigenvalue weighted by Crippen LogP contribution is -2.04. The van der Waals surface area contributed by atoms with Gasteiger partial charge in [-0.25, -0.2) is 12.8 Å². The number of benzene rings is 2. The molecule has 20 heavy (non-hydrogen) atoms. The predicted molar refractivity (Wildman–Crippen MR) is 77.5 cm³/mol. The van der Waals surface area contributed by atoms with E-state index in [0.717, 1.165) is 12.1 Å². The number of halogens is 4. The molecule has 0 heterocycles. The molecule has 2 aromatic carbocycles. The smallest absolute Gasteiger partial charge is 0.216 e. The van der Waals surface area contributed by atoms with Crippen LogP contribution in [0.3, 0.4) is 0 Å². The van der Waals surface area contributed by atoms with Crippen molar-refractivity contribution >= 4 is 44.6 Å². The fourth-order valence-electron chi connectivity index (χ4n) is 1.57. The van der Waals surface area contributed by atoms with Gasteiger partial charge in [0.05, 0.1) is 9.79 Å². The average molecular weight is 354 g/mol. The Bertz CT molecular complexity index is 705. The first-order valence-electron chi connectivity index (χ1n) is 5.39. The largest absolute Gasteiger partial charge is 0.219 e. The summed E-state index contributed by atoms with van der Waals surface area (Å²) in [5.74, 6) is -0.504. The van der Waals surface area contributed by atoms with Gasteiger partial charge in [-0.1, -0.05) is 46.9 Å². The van der Waals surface area contributed by atoms with E-state index in [1.807, 2.05) is 0 Å². The van der Waals surface area contributed by atoms with E-state index < -0.39 is 19.4 Å². The summed E-state index contributed by atoms with van der Waals surface area (Å²) in [5.41, 5.74) is 0.362. The van der Waals surface area contributed by atoms with Crippen LogP contribution in [-0.4, -0.2) is 8.42 Å². The Morgan fingerprint density at radius 3 is 1.60 bits per heavy atom. The SMILES string of the molecule is O=S(=O)(c1ccc(F)cc1)c1ccc(C(Cl)(Cl)Cl)cc1. The highest BCUT2D eigenvalue weighted by Gasteiger charge is 2.24. The van der Waals surface area contributed by atoms with Gasteiger partial charge in [0.15, 0.2) is 0 Å². The Labute approximate surface area is 131 Å². The van der Waals surface area contributed by atoms with Gasteiger partial charge in [-0.15, -0.1) is 0 Å². The van der Waals surface area contributed by atoms with Gasteiger partial charge < -0.3 is 0 Å². The van der Waals surface area contributed by atoms with Crippen molar-refractivity contribution in [1.29, 1.82) is 0 Å². The van der Waals surface area contributed by atoms with Crippen LogP contribution in [0.5, 0.6) is 0 Å². The summed E-state index contributed by atoms with van der Waals surface area (Å²) in [4.78, 5) is 0.0441. The summed E-state index contributed by atoms with van der Waals surface area (Å²) in [6.45, 7) is 0. The maximum Gasteiger partial charge on any atom is 0.216 e. The van der Waals surface area contributed by atoms with E-state index in [2.05, 4.69) is 0 Å². The fourth-order valence-corrected chi connectivity index (χ4v) is 3.21. The van der Waals surface area contributed by atoms with Gasteiger partial charge in [-0.3, -0.25) is 0 Å². The molecule has 2 rings (SSSR count). The molecule has 0 amide bonds. The standard InChI is InChI=1S/C13H8Cl3FO2S/c14-13(15,16)9-1-5-11(6-2-9)20(18,19)12-7-3-10(17)4-8-12/h1-8H. The third kappa shape index (κ3) is 3.26. The molecule has 2 nitrogen and oxygen atoms in total. The quantitative estimate of drug-likeness (QED) is 0.589. The van der Waals surface area contributed by atoms with Gasteiger partial charge in [-0.2, -0.15) is 0 Å². The van der Waals surface area contributed by atoms with Gasteiger partial charge in [0.2, 0.25) is 13.6 Å². The fraction of sp³-hybridized carbons (Fsp3) is 0.0769. The molecule has 0 bridgehead atoms. The van der Waals surface area contributed by atoms with Crippen LogP contribution in [0.4, 0.5) is 4.39 Å². The molecule has 0 aromatic heterocycles. The van der Waals surface area contributed by atoms with Crippen LogP contribution < -0.4 is 0 Å². The van der Waals surface area contributed by atoms with E-state index in [1.165, 1.54) is 36.4 Å². The van der Waals surface area contributed by atoms with Gasteiger partial charge in [0.25, 0.3) is 0 Å². The summed E-state index contributed by atoms with van der Waals surface area (Å²) < 4.78 is 35.8. The first kappa shape index (κ1) is 15.6. The van der Waals surface area contributed by atoms with E-state index in [0.29, 0.717) is 5.56 Å². The van der Waals surface area contributed by atoms with Crippen LogP contribution in [0.2, 0.25) is 0 Å². The molecule has 0 aliphatic carbocycles. The van der Waals surface area contributed by atoms with Crippen molar-refractivity contribution in [2.75, 3.05) is 0 Å². The molecule has 0 saturated heterocycles. The Kier molecular flexibility index (Phi) is 4.30. The number of sulfone groups is 1. The van der Waals surface area contributed by atoms with Crippen molar-refractivity contribution in [3.63, 3.8) is 0 Å². The Balaban J connectivity index is 2.42. The molecule has 0 N–H and O–H groups in total. The summed E-state index contributed by atoms with van der Waals surface area (Å²) in [7, 11) is -3.71. The van der Waals surface area contributed by atoms with E-state index in [4.69, 9.17) is 34.8 Å². The van der Waals surface area contributed by atoms with Crippen LogP contribution in [-0.2, 0) is 13.6 Å². The highest BCUT2D eigenvalue weighted by Crippen LogP contribution is 2.38. The van der Waals surface area contributed by atoms with E-state index >= 15 is 0 Å². The highest BCUT2D eigenvalue weighted by atomic mass is 35.6. The lowest BCUT2D eigenvalue weighted by molar-refractivity contribution is 0.594. The molecule has 0 fully saturated rings. The predicted octanol–water partition coefficient (Wildman–Crippen LogP) is 4.49. The van der Waals surface area contributed by atoms with E-state index in [1.54, 1.807) is 0 Å². The summed E-state index contributed by atoms with van der Waals surface area (Å²) in [6, 6.07) is 10.1. The minimum atomic E-state index is -3.71. The zero-order valence-corrected chi connectivity index (χ0v) is 12.9. The molecule has 0 aliphatic heterocycles. The minimum Gasteiger partial charge on any atom is -0.219 e. The topological polar surface area (TPSA) is 34.1 Å². The summed E-state index contributed by atoms with van der Waals surface area (Å²) in [6.07, 6.45) is 0.